The number of nitrogens with zero attached hydrogens (tertiary/aromatic N) is 3. The first-order chi connectivity index (χ1) is 22.4. The van der Waals surface area contributed by atoms with Crippen molar-refractivity contribution in [2.75, 3.05) is 10.6 Å². The molecule has 0 unspecified atom stereocenters. The van der Waals surface area contributed by atoms with E-state index in [4.69, 9.17) is 37.5 Å². The predicted molar refractivity (Wildman–Crippen MR) is 173 cm³/mol. The third-order valence-electron chi connectivity index (χ3n) is 6.38. The van der Waals surface area contributed by atoms with E-state index in [9.17, 15) is 29.4 Å². The van der Waals surface area contributed by atoms with E-state index in [0.717, 1.165) is 0 Å². The minimum atomic E-state index is -1.26. The Balaban J connectivity index is 0.000000185. The quantitative estimate of drug-likeness (QED) is 0.132. The number of nitrogens with one attached hydrogen (secondary N) is 2. The van der Waals surface area contributed by atoms with Crippen molar-refractivity contribution in [2.45, 2.75) is 0 Å². The van der Waals surface area contributed by atoms with Crippen molar-refractivity contribution in [3.63, 3.8) is 0 Å². The zero-order valence-corrected chi connectivity index (χ0v) is 26.3. The highest BCUT2D eigenvalue weighted by molar-refractivity contribution is 9.10. The third-order valence-corrected chi connectivity index (χ3v) is 7.35. The lowest BCUT2D eigenvalue weighted by atomic mass is 10.1. The summed E-state index contributed by atoms with van der Waals surface area (Å²) < 4.78 is 10.7. The van der Waals surface area contributed by atoms with Crippen molar-refractivity contribution in [3.8, 4) is 6.07 Å². The smallest absolute Gasteiger partial charge is 0.337 e. The van der Waals surface area contributed by atoms with E-state index in [-0.39, 0.29) is 39.5 Å². The lowest BCUT2D eigenvalue weighted by molar-refractivity contribution is 0.0686. The van der Waals surface area contributed by atoms with Crippen LogP contribution in [0.4, 0.5) is 11.4 Å². The molecule has 0 spiro atoms. The van der Waals surface area contributed by atoms with Crippen LogP contribution in [0, 0.1) is 11.3 Å². The second-order valence-electron chi connectivity index (χ2n) is 9.43. The van der Waals surface area contributed by atoms with Crippen molar-refractivity contribution >= 4 is 96.1 Å². The molecule has 0 aliphatic heterocycles. The first-order valence-corrected chi connectivity index (χ1v) is 14.5. The van der Waals surface area contributed by atoms with Gasteiger partial charge in [0.15, 0.2) is 11.3 Å². The van der Waals surface area contributed by atoms with Gasteiger partial charge in [-0.25, -0.2) is 9.59 Å². The Bertz CT molecular complexity index is 2280. The van der Waals surface area contributed by atoms with Gasteiger partial charge in [-0.05, 0) is 66.7 Å². The van der Waals surface area contributed by atoms with Crippen LogP contribution < -0.4 is 10.6 Å². The number of carbonyl (C=O) groups is 4. The second-order valence-corrected chi connectivity index (χ2v) is 11.2. The molecule has 0 radical (unpaired) electrons. The van der Waals surface area contributed by atoms with Gasteiger partial charge in [0.05, 0.1) is 44.9 Å². The Labute approximate surface area is 281 Å². The van der Waals surface area contributed by atoms with Crippen LogP contribution in [0.2, 0.25) is 10.0 Å². The minimum absolute atomic E-state index is 0.00219. The average Bonchev–Trinajstić information content (AvgIpc) is 3.66. The van der Waals surface area contributed by atoms with Crippen LogP contribution in [-0.2, 0) is 0 Å². The molecule has 0 saturated heterocycles. The van der Waals surface area contributed by atoms with Crippen molar-refractivity contribution in [3.05, 3.63) is 115 Å². The molecule has 0 fully saturated rings. The first-order valence-electron chi connectivity index (χ1n) is 13.0. The summed E-state index contributed by atoms with van der Waals surface area (Å²) in [6.07, 6.45) is 0. The third kappa shape index (κ3) is 7.23. The molecule has 0 atom stereocenters. The molecule has 2 aromatic heterocycles. The van der Waals surface area contributed by atoms with Gasteiger partial charge in [0, 0.05) is 20.6 Å². The fourth-order valence-corrected chi connectivity index (χ4v) is 4.91. The number of rotatable bonds is 6. The van der Waals surface area contributed by atoms with Gasteiger partial charge in [0.2, 0.25) is 5.76 Å². The monoisotopic (exact) mass is 735 g/mol. The van der Waals surface area contributed by atoms with E-state index in [1.165, 1.54) is 36.4 Å². The molecule has 6 aromatic rings. The van der Waals surface area contributed by atoms with Crippen molar-refractivity contribution < 1.29 is 38.4 Å². The Morgan fingerprint density at radius 2 is 1.36 bits per heavy atom. The molecule has 4 aromatic carbocycles. The van der Waals surface area contributed by atoms with Crippen LogP contribution in [-0.4, -0.2) is 44.3 Å². The van der Waals surface area contributed by atoms with Gasteiger partial charge in [-0.1, -0.05) is 49.4 Å². The molecular formula is C31H16BrCl2N5O8. The molecule has 13 nitrogen and oxygen atoms in total. The van der Waals surface area contributed by atoms with Crippen LogP contribution in [0.1, 0.15) is 47.3 Å². The molecule has 234 valence electrons. The van der Waals surface area contributed by atoms with Gasteiger partial charge in [-0.2, -0.15) is 5.26 Å². The summed E-state index contributed by atoms with van der Waals surface area (Å²) in [5.41, 5.74) is 0.927. The largest absolute Gasteiger partial charge is 0.478 e. The number of carbonyl (C=O) groups excluding carboxylic acids is 2. The maximum absolute atomic E-state index is 12.4. The fourth-order valence-electron chi connectivity index (χ4n) is 4.22. The van der Waals surface area contributed by atoms with Crippen molar-refractivity contribution in [1.29, 1.82) is 5.26 Å². The first kappa shape index (κ1) is 32.6. The maximum Gasteiger partial charge on any atom is 0.337 e. The highest BCUT2D eigenvalue weighted by Crippen LogP contribution is 2.26. The molecule has 16 heteroatoms. The lowest BCUT2D eigenvalue weighted by Gasteiger charge is -2.07. The number of amides is 2. The number of hydrogen-bond donors (Lipinski definition) is 4. The standard InChI is InChI=1S/C16H8ClN3O4.C15H8BrClN2O4/c17-9-2-3-10-13(6-9)24-20-14(10)15(21)19-12-4-1-8(7-18)5-11(12)16(22)23;16-7-1-4-11(10(5-7)15(21)22)18-14(20)13-9-3-2-8(17)6-12(9)19-23-13/h1-6H,(H,19,21)(H,22,23);1-6H,(H,18,20)(H,21,22). The van der Waals surface area contributed by atoms with Gasteiger partial charge in [0.25, 0.3) is 11.8 Å². The van der Waals surface area contributed by atoms with Crippen LogP contribution >= 0.6 is 39.1 Å². The summed E-state index contributed by atoms with van der Waals surface area (Å²) in [4.78, 5) is 47.3. The van der Waals surface area contributed by atoms with Gasteiger partial charge < -0.3 is 29.9 Å². The molecule has 0 bridgehead atoms. The summed E-state index contributed by atoms with van der Waals surface area (Å²) in [5.74, 6) is -3.67. The molecule has 6 rings (SSSR count). The van der Waals surface area contributed by atoms with E-state index in [1.807, 2.05) is 6.07 Å². The van der Waals surface area contributed by atoms with E-state index in [0.29, 0.717) is 36.4 Å². The highest BCUT2D eigenvalue weighted by atomic mass is 79.9. The zero-order valence-electron chi connectivity index (χ0n) is 23.2. The summed E-state index contributed by atoms with van der Waals surface area (Å²) in [5, 5.41) is 41.6. The predicted octanol–water partition coefficient (Wildman–Crippen LogP) is 7.50. The summed E-state index contributed by atoms with van der Waals surface area (Å²) in [6.45, 7) is 0. The van der Waals surface area contributed by atoms with E-state index < -0.39 is 23.8 Å². The van der Waals surface area contributed by atoms with Crippen LogP contribution in [0.3, 0.4) is 0 Å². The molecule has 47 heavy (non-hydrogen) atoms. The molecule has 2 heterocycles. The number of hydrogen-bond acceptors (Lipinski definition) is 9. The molecule has 4 N–H and O–H groups in total. The van der Waals surface area contributed by atoms with Gasteiger partial charge >= 0.3 is 11.9 Å². The number of anilines is 2. The number of fused-ring (bicyclic) bond motifs is 2. The van der Waals surface area contributed by atoms with Crippen LogP contribution in [0.25, 0.3) is 21.9 Å². The van der Waals surface area contributed by atoms with Crippen molar-refractivity contribution in [2.24, 2.45) is 0 Å². The SMILES string of the molecule is N#Cc1ccc(NC(=O)c2noc3cc(Cl)ccc23)c(C(=O)O)c1.O=C(O)c1cc(Br)ccc1NC(=O)c1onc2cc(Cl)ccc12. The summed E-state index contributed by atoms with van der Waals surface area (Å²) in [6, 6.07) is 19.8. The number of nitriles is 1. The normalized spacial score (nSPS) is 10.5. The summed E-state index contributed by atoms with van der Waals surface area (Å²) in [7, 11) is 0. The maximum atomic E-state index is 12.4. The van der Waals surface area contributed by atoms with Gasteiger partial charge in [-0.3, -0.25) is 9.59 Å². The van der Waals surface area contributed by atoms with E-state index in [1.54, 1.807) is 36.4 Å². The highest BCUT2D eigenvalue weighted by Gasteiger charge is 2.21. The van der Waals surface area contributed by atoms with Crippen molar-refractivity contribution in [1.82, 2.24) is 10.3 Å². The topological polar surface area (TPSA) is 209 Å². The zero-order chi connectivity index (χ0) is 33.8. The number of aromatic carboxylic acids is 2. The molecule has 0 aliphatic carbocycles. The minimum Gasteiger partial charge on any atom is -0.478 e. The van der Waals surface area contributed by atoms with Crippen LogP contribution in [0.5, 0.6) is 0 Å². The van der Waals surface area contributed by atoms with Gasteiger partial charge in [0.1, 0.15) is 5.52 Å². The van der Waals surface area contributed by atoms with E-state index in [2.05, 4.69) is 36.9 Å². The summed E-state index contributed by atoms with van der Waals surface area (Å²) >= 11 is 14.9. The van der Waals surface area contributed by atoms with E-state index >= 15 is 0 Å². The molecule has 2 amide bonds. The Morgan fingerprint density at radius 3 is 2.04 bits per heavy atom. The second kappa shape index (κ2) is 13.7. The molecule has 0 saturated carbocycles. The molecular weight excluding hydrogens is 721 g/mol. The van der Waals surface area contributed by atoms with Gasteiger partial charge in [-0.15, -0.1) is 0 Å². The van der Waals surface area contributed by atoms with Crippen LogP contribution in [0.15, 0.2) is 86.3 Å². The Morgan fingerprint density at radius 1 is 0.745 bits per heavy atom. The Hall–Kier alpha value is -5.75. The fraction of sp³-hybridized carbons (Fsp3) is 0. The lowest BCUT2D eigenvalue weighted by Crippen LogP contribution is -2.15. The number of carboxylic acids is 2. The number of carboxylic acid groups (broad SMARTS) is 2. The molecule has 0 aliphatic rings. The number of halogens is 3. The number of benzene rings is 4. The number of aromatic nitrogens is 2. The Kier molecular flexibility index (Phi) is 9.52. The average molecular weight is 737 g/mol.